The normalized spacial score (nSPS) is 10.8. The molecule has 162 valence electrons. The third kappa shape index (κ3) is 7.54. The van der Waals surface area contributed by atoms with Crippen LogP contribution in [-0.4, -0.2) is 25.8 Å². The summed E-state index contributed by atoms with van der Waals surface area (Å²) in [5, 5.41) is 7.23. The molecule has 3 aromatic rings. The minimum absolute atomic E-state index is 0.148. The van der Waals surface area contributed by atoms with Crippen LogP contribution in [0.3, 0.4) is 0 Å². The number of hydrazone groups is 1. The summed E-state index contributed by atoms with van der Waals surface area (Å²) in [5.41, 5.74) is 5.76. The number of hydrogen-bond donors (Lipinski definition) is 2. The minimum Gasteiger partial charge on any atom is -0.497 e. The number of amides is 1. The molecule has 0 aliphatic rings. The summed E-state index contributed by atoms with van der Waals surface area (Å²) in [5.74, 6) is 1.52. The van der Waals surface area contributed by atoms with Crippen LogP contribution in [0.4, 0.5) is 5.69 Å². The Bertz CT molecular complexity index is 996. The van der Waals surface area contributed by atoms with Gasteiger partial charge in [0.15, 0.2) is 5.76 Å². The molecule has 0 bridgehead atoms. The number of methoxy groups -OCH3 is 1. The molecule has 1 amide bonds. The molecule has 2 N–H and O–H groups in total. The number of benzene rings is 2. The average Bonchev–Trinajstić information content (AvgIpc) is 3.23. The molecule has 0 spiro atoms. The van der Waals surface area contributed by atoms with E-state index in [1.165, 1.54) is 11.8 Å². The van der Waals surface area contributed by atoms with Gasteiger partial charge in [0.05, 0.1) is 13.3 Å². The molecule has 1 aromatic heterocycles. The van der Waals surface area contributed by atoms with E-state index in [0.717, 1.165) is 17.0 Å². The van der Waals surface area contributed by atoms with Crippen LogP contribution in [0, 0.1) is 6.92 Å². The van der Waals surface area contributed by atoms with Crippen LogP contribution in [0.25, 0.3) is 0 Å². The summed E-state index contributed by atoms with van der Waals surface area (Å²) in [7, 11) is 1.63. The van der Waals surface area contributed by atoms with E-state index < -0.39 is 0 Å². The van der Waals surface area contributed by atoms with Crippen LogP contribution >= 0.6 is 0 Å². The van der Waals surface area contributed by atoms with Gasteiger partial charge in [-0.1, -0.05) is 24.3 Å². The van der Waals surface area contributed by atoms with Crippen molar-refractivity contribution < 1.29 is 18.7 Å². The maximum atomic E-state index is 11.9. The van der Waals surface area contributed by atoms with Crippen LogP contribution in [0.2, 0.25) is 0 Å². The van der Waals surface area contributed by atoms with E-state index >= 15 is 0 Å². The molecule has 1 heterocycles. The fraction of sp³-hybridized carbons (Fsp3) is 0.250. The second-order valence-corrected chi connectivity index (χ2v) is 6.99. The second kappa shape index (κ2) is 11.4. The maximum absolute atomic E-state index is 11.9. The van der Waals surface area contributed by atoms with Crippen molar-refractivity contribution in [2.24, 2.45) is 5.10 Å². The third-order valence-corrected chi connectivity index (χ3v) is 4.45. The number of ether oxygens (including phenoxy) is 2. The molecule has 0 atom stereocenters. The fourth-order valence-electron chi connectivity index (χ4n) is 2.82. The number of hydrogen-bond acceptors (Lipinski definition) is 6. The van der Waals surface area contributed by atoms with Gasteiger partial charge in [0.25, 0.3) is 5.95 Å². The number of furan rings is 1. The van der Waals surface area contributed by atoms with E-state index in [0.29, 0.717) is 37.7 Å². The molecule has 2 aromatic carbocycles. The lowest BCUT2D eigenvalue weighted by molar-refractivity contribution is -0.121. The average molecular weight is 421 g/mol. The summed E-state index contributed by atoms with van der Waals surface area (Å²) >= 11 is 0. The SMILES string of the molecule is COc1ccc(COc2ccc(/C=N\NC(=O)CCCNc3cccc(C)c3)o2)cc1. The first-order valence-corrected chi connectivity index (χ1v) is 10.1. The first-order valence-electron chi connectivity index (χ1n) is 10.1. The number of anilines is 1. The van der Waals surface area contributed by atoms with Gasteiger partial charge in [-0.25, -0.2) is 5.43 Å². The molecule has 0 aliphatic carbocycles. The molecule has 0 saturated carbocycles. The summed E-state index contributed by atoms with van der Waals surface area (Å²) in [6.07, 6.45) is 2.53. The molecule has 0 radical (unpaired) electrons. The topological polar surface area (TPSA) is 85.1 Å². The van der Waals surface area contributed by atoms with Gasteiger partial charge in [0.2, 0.25) is 5.91 Å². The lowest BCUT2D eigenvalue weighted by Gasteiger charge is -2.06. The largest absolute Gasteiger partial charge is 0.497 e. The highest BCUT2D eigenvalue weighted by Gasteiger charge is 2.03. The second-order valence-electron chi connectivity index (χ2n) is 6.99. The summed E-state index contributed by atoms with van der Waals surface area (Å²) in [4.78, 5) is 11.9. The monoisotopic (exact) mass is 421 g/mol. The maximum Gasteiger partial charge on any atom is 0.285 e. The van der Waals surface area contributed by atoms with Gasteiger partial charge in [-0.2, -0.15) is 5.10 Å². The van der Waals surface area contributed by atoms with E-state index in [-0.39, 0.29) is 5.91 Å². The van der Waals surface area contributed by atoms with E-state index in [1.54, 1.807) is 19.2 Å². The highest BCUT2D eigenvalue weighted by molar-refractivity contribution is 5.80. The van der Waals surface area contributed by atoms with Crippen molar-refractivity contribution in [2.75, 3.05) is 19.0 Å². The van der Waals surface area contributed by atoms with Crippen molar-refractivity contribution in [2.45, 2.75) is 26.4 Å². The molecular formula is C24H27N3O4. The molecule has 0 unspecified atom stereocenters. The third-order valence-electron chi connectivity index (χ3n) is 4.45. The summed E-state index contributed by atoms with van der Waals surface area (Å²) < 4.78 is 16.3. The Hall–Kier alpha value is -3.74. The standard InChI is InChI=1S/C24H27N3O4/c1-18-5-3-6-20(15-18)25-14-4-7-23(28)27-26-16-22-12-13-24(31-22)30-17-19-8-10-21(29-2)11-9-19/h3,5-6,8-13,15-16,25H,4,7,14,17H2,1-2H3,(H,27,28)/b26-16-. The van der Waals surface area contributed by atoms with E-state index in [4.69, 9.17) is 13.9 Å². The molecule has 31 heavy (non-hydrogen) atoms. The minimum atomic E-state index is -0.148. The zero-order valence-corrected chi connectivity index (χ0v) is 17.8. The Labute approximate surface area is 182 Å². The zero-order chi connectivity index (χ0) is 21.9. The fourth-order valence-corrected chi connectivity index (χ4v) is 2.82. The van der Waals surface area contributed by atoms with Gasteiger partial charge in [0, 0.05) is 24.7 Å². The molecule has 0 saturated heterocycles. The number of nitrogens with zero attached hydrogens (tertiary/aromatic N) is 1. The summed E-state index contributed by atoms with van der Waals surface area (Å²) in [6.45, 7) is 3.14. The Morgan fingerprint density at radius 3 is 2.74 bits per heavy atom. The van der Waals surface area contributed by atoms with Crippen LogP contribution in [-0.2, 0) is 11.4 Å². The van der Waals surface area contributed by atoms with E-state index in [9.17, 15) is 4.79 Å². The molecule has 0 fully saturated rings. The van der Waals surface area contributed by atoms with E-state index in [2.05, 4.69) is 21.9 Å². The van der Waals surface area contributed by atoms with Gasteiger partial charge in [-0.05, 0) is 54.8 Å². The first kappa shape index (κ1) is 22.0. The van der Waals surface area contributed by atoms with Gasteiger partial charge >= 0.3 is 0 Å². The Kier molecular flexibility index (Phi) is 8.11. The Morgan fingerprint density at radius 1 is 1.13 bits per heavy atom. The first-order chi connectivity index (χ1) is 15.1. The van der Waals surface area contributed by atoms with Gasteiger partial charge in [0.1, 0.15) is 12.4 Å². The molecule has 3 rings (SSSR count). The van der Waals surface area contributed by atoms with E-state index in [1.807, 2.05) is 49.4 Å². The van der Waals surface area contributed by atoms with Crippen molar-refractivity contribution in [3.05, 3.63) is 77.6 Å². The lowest BCUT2D eigenvalue weighted by Crippen LogP contribution is -2.18. The van der Waals surface area contributed by atoms with Crippen molar-refractivity contribution >= 4 is 17.8 Å². The van der Waals surface area contributed by atoms with Crippen molar-refractivity contribution in [3.8, 4) is 11.7 Å². The highest BCUT2D eigenvalue weighted by Crippen LogP contribution is 2.17. The quantitative estimate of drug-likeness (QED) is 0.270. The number of rotatable bonds is 11. The number of nitrogens with one attached hydrogen (secondary N) is 2. The predicted octanol–water partition coefficient (Wildman–Crippen LogP) is 4.52. The number of carbonyl (C=O) groups excluding carboxylic acids is 1. The molecular weight excluding hydrogens is 394 g/mol. The Balaban J connectivity index is 1.33. The smallest absolute Gasteiger partial charge is 0.285 e. The number of aryl methyl sites for hydroxylation is 1. The van der Waals surface area contributed by atoms with Gasteiger partial charge < -0.3 is 19.2 Å². The van der Waals surface area contributed by atoms with Crippen molar-refractivity contribution in [1.82, 2.24) is 5.43 Å². The molecule has 7 nitrogen and oxygen atoms in total. The number of carbonyl (C=O) groups is 1. The van der Waals surface area contributed by atoms with Gasteiger partial charge in [-0.3, -0.25) is 4.79 Å². The Morgan fingerprint density at radius 2 is 1.97 bits per heavy atom. The lowest BCUT2D eigenvalue weighted by atomic mass is 10.2. The zero-order valence-electron chi connectivity index (χ0n) is 17.8. The predicted molar refractivity (Wildman–Crippen MR) is 121 cm³/mol. The molecule has 7 heteroatoms. The summed E-state index contributed by atoms with van der Waals surface area (Å²) in [6, 6.07) is 19.2. The van der Waals surface area contributed by atoms with Crippen LogP contribution in [0.15, 0.2) is 70.2 Å². The highest BCUT2D eigenvalue weighted by atomic mass is 16.6. The van der Waals surface area contributed by atoms with Gasteiger partial charge in [-0.15, -0.1) is 0 Å². The van der Waals surface area contributed by atoms with Crippen LogP contribution in [0.5, 0.6) is 11.7 Å². The molecule has 0 aliphatic heterocycles. The van der Waals surface area contributed by atoms with Crippen molar-refractivity contribution in [3.63, 3.8) is 0 Å². The van der Waals surface area contributed by atoms with Crippen molar-refractivity contribution in [1.29, 1.82) is 0 Å². The van der Waals surface area contributed by atoms with Crippen LogP contribution < -0.4 is 20.2 Å². The van der Waals surface area contributed by atoms with Crippen LogP contribution in [0.1, 0.15) is 29.7 Å².